The zero-order valence-corrected chi connectivity index (χ0v) is 20.8. The lowest BCUT2D eigenvalue weighted by atomic mass is 10.2. The van der Waals surface area contributed by atoms with Gasteiger partial charge in [-0.25, -0.2) is 19.9 Å². The number of anilines is 2. The minimum atomic E-state index is -4.92. The van der Waals surface area contributed by atoms with Crippen LogP contribution in [-0.4, -0.2) is 72.3 Å². The summed E-state index contributed by atoms with van der Waals surface area (Å²) in [5.74, 6) is -0.266. The third kappa shape index (κ3) is 6.42. The average molecular weight is 575 g/mol. The summed E-state index contributed by atoms with van der Waals surface area (Å²) in [4.78, 5) is 47.8. The van der Waals surface area contributed by atoms with Crippen LogP contribution in [0.5, 0.6) is 0 Å². The van der Waals surface area contributed by atoms with Gasteiger partial charge in [-0.2, -0.15) is 31.4 Å². The van der Waals surface area contributed by atoms with E-state index in [-0.39, 0.29) is 51.1 Å². The Labute approximate surface area is 221 Å². The van der Waals surface area contributed by atoms with Crippen molar-refractivity contribution in [2.75, 3.05) is 36.4 Å². The number of imidazole rings is 1. The summed E-state index contributed by atoms with van der Waals surface area (Å²) in [6.07, 6.45) is -4.50. The molecule has 0 bridgehead atoms. The van der Waals surface area contributed by atoms with E-state index in [0.717, 1.165) is 10.8 Å². The van der Waals surface area contributed by atoms with E-state index in [0.29, 0.717) is 12.4 Å². The van der Waals surface area contributed by atoms with Crippen LogP contribution in [0.2, 0.25) is 0 Å². The Bertz CT molecular complexity index is 1450. The zero-order valence-electron chi connectivity index (χ0n) is 20.8. The van der Waals surface area contributed by atoms with Crippen LogP contribution in [0.4, 0.5) is 38.0 Å². The Balaban J connectivity index is 1.33. The van der Waals surface area contributed by atoms with Crippen molar-refractivity contribution in [1.29, 1.82) is 0 Å². The van der Waals surface area contributed by atoms with Crippen molar-refractivity contribution in [2.45, 2.75) is 38.4 Å². The molecule has 0 saturated carbocycles. The molecule has 4 heterocycles. The highest BCUT2D eigenvalue weighted by molar-refractivity contribution is 5.76. The molecule has 3 aromatic rings. The van der Waals surface area contributed by atoms with E-state index in [9.17, 15) is 40.7 Å². The van der Waals surface area contributed by atoms with Crippen LogP contribution >= 0.6 is 0 Å². The van der Waals surface area contributed by atoms with Crippen molar-refractivity contribution in [2.24, 2.45) is 0 Å². The highest BCUT2D eigenvalue weighted by Gasteiger charge is 2.37. The molecule has 4 rings (SSSR count). The third-order valence-corrected chi connectivity index (χ3v) is 6.12. The van der Waals surface area contributed by atoms with Gasteiger partial charge in [0.15, 0.2) is 0 Å². The van der Waals surface area contributed by atoms with Crippen LogP contribution in [0.3, 0.4) is 0 Å². The number of aromatic nitrogens is 6. The van der Waals surface area contributed by atoms with Crippen molar-refractivity contribution in [3.8, 4) is 0 Å². The monoisotopic (exact) mass is 575 g/mol. The second-order valence-electron chi connectivity index (χ2n) is 9.03. The number of hydrogen-bond donors (Lipinski definition) is 2. The number of piperazine rings is 1. The summed E-state index contributed by atoms with van der Waals surface area (Å²) in [6, 6.07) is -0.727. The van der Waals surface area contributed by atoms with Gasteiger partial charge < -0.3 is 15.1 Å². The highest BCUT2D eigenvalue weighted by atomic mass is 19.4. The lowest BCUT2D eigenvalue weighted by Gasteiger charge is -2.34. The van der Waals surface area contributed by atoms with E-state index in [1.807, 2.05) is 0 Å². The van der Waals surface area contributed by atoms with Crippen molar-refractivity contribution in [3.63, 3.8) is 0 Å². The molecule has 0 aliphatic carbocycles. The predicted molar refractivity (Wildman–Crippen MR) is 127 cm³/mol. The van der Waals surface area contributed by atoms with Gasteiger partial charge in [0.2, 0.25) is 11.9 Å². The fourth-order valence-corrected chi connectivity index (χ4v) is 4.14. The second kappa shape index (κ2) is 11.0. The van der Waals surface area contributed by atoms with Gasteiger partial charge in [-0.1, -0.05) is 0 Å². The zero-order chi connectivity index (χ0) is 29.2. The molecule has 12 nitrogen and oxygen atoms in total. The molecule has 2 N–H and O–H groups in total. The van der Waals surface area contributed by atoms with Crippen molar-refractivity contribution >= 4 is 17.5 Å². The van der Waals surface area contributed by atoms with Crippen LogP contribution in [0.15, 0.2) is 40.6 Å². The lowest BCUT2D eigenvalue weighted by molar-refractivity contribution is -0.139. The number of alkyl halides is 6. The average Bonchev–Trinajstić information content (AvgIpc) is 3.21. The SMILES string of the molecule is CC(Cn1ccn(CC(=O)N2CCN(c3ncc(C(F)(F)F)cn3)CC2)c1=O)Nc1cn[nH]c(=O)c1C(F)(F)F. The molecule has 18 heteroatoms. The minimum Gasteiger partial charge on any atom is -0.379 e. The smallest absolute Gasteiger partial charge is 0.379 e. The molecule has 1 fully saturated rings. The van der Waals surface area contributed by atoms with Crippen LogP contribution < -0.4 is 21.5 Å². The number of aromatic amines is 1. The molecule has 1 unspecified atom stereocenters. The van der Waals surface area contributed by atoms with Gasteiger partial charge >= 0.3 is 18.0 Å². The molecule has 216 valence electrons. The molecule has 0 radical (unpaired) electrons. The van der Waals surface area contributed by atoms with Crippen molar-refractivity contribution in [1.82, 2.24) is 34.2 Å². The number of H-pyrrole nitrogens is 1. The van der Waals surface area contributed by atoms with E-state index in [1.54, 1.807) is 10.00 Å². The summed E-state index contributed by atoms with van der Waals surface area (Å²) in [7, 11) is 0. The van der Waals surface area contributed by atoms with Gasteiger partial charge in [-0.15, -0.1) is 0 Å². The maximum atomic E-state index is 13.3. The normalized spacial score (nSPS) is 15.3. The highest BCUT2D eigenvalue weighted by Crippen LogP contribution is 2.31. The van der Waals surface area contributed by atoms with Crippen LogP contribution in [-0.2, 0) is 30.2 Å². The first-order valence-corrected chi connectivity index (χ1v) is 11.8. The molecular weight excluding hydrogens is 552 g/mol. The van der Waals surface area contributed by atoms with E-state index in [1.165, 1.54) is 28.8 Å². The predicted octanol–water partition coefficient (Wildman–Crippen LogP) is 1.41. The molecule has 40 heavy (non-hydrogen) atoms. The summed E-state index contributed by atoms with van der Waals surface area (Å²) in [5.41, 5.74) is -4.91. The number of hydrogen-bond acceptors (Lipinski definition) is 8. The van der Waals surface area contributed by atoms with E-state index in [4.69, 9.17) is 0 Å². The fourth-order valence-electron chi connectivity index (χ4n) is 4.14. The number of rotatable bonds is 7. The molecule has 1 amide bonds. The number of nitrogens with one attached hydrogen (secondary N) is 2. The van der Waals surface area contributed by atoms with Gasteiger partial charge in [-0.3, -0.25) is 18.7 Å². The summed E-state index contributed by atoms with van der Waals surface area (Å²) < 4.78 is 80.3. The number of amides is 1. The molecular formula is C22H23F6N9O3. The van der Waals surface area contributed by atoms with E-state index in [2.05, 4.69) is 20.4 Å². The molecule has 1 aliphatic rings. The van der Waals surface area contributed by atoms with Crippen LogP contribution in [0, 0.1) is 0 Å². The van der Waals surface area contributed by atoms with Gasteiger partial charge in [0, 0.05) is 63.6 Å². The Hall–Kier alpha value is -4.38. The number of carbonyl (C=O) groups is 1. The molecule has 0 aromatic carbocycles. The second-order valence-corrected chi connectivity index (χ2v) is 9.03. The van der Waals surface area contributed by atoms with E-state index < -0.39 is 46.5 Å². The number of carbonyl (C=O) groups excluding carboxylic acids is 1. The maximum Gasteiger partial charge on any atom is 0.423 e. The fraction of sp³-hybridized carbons (Fsp3) is 0.455. The topological polar surface area (TPSA) is 134 Å². The van der Waals surface area contributed by atoms with Crippen molar-refractivity contribution < 1.29 is 31.1 Å². The summed E-state index contributed by atoms with van der Waals surface area (Å²) in [5, 5.41) is 7.67. The Kier molecular flexibility index (Phi) is 7.88. The van der Waals surface area contributed by atoms with Crippen molar-refractivity contribution in [3.05, 3.63) is 62.9 Å². The van der Waals surface area contributed by atoms with Gasteiger partial charge in [0.25, 0.3) is 5.56 Å². The quantitative estimate of drug-likeness (QED) is 0.404. The molecule has 3 aromatic heterocycles. The molecule has 0 spiro atoms. The number of halogens is 6. The van der Waals surface area contributed by atoms with Crippen LogP contribution in [0.25, 0.3) is 0 Å². The first-order valence-electron chi connectivity index (χ1n) is 11.8. The summed E-state index contributed by atoms with van der Waals surface area (Å²) in [6.45, 7) is 2.14. The Morgan fingerprint density at radius 2 is 1.60 bits per heavy atom. The number of nitrogens with zero attached hydrogens (tertiary/aromatic N) is 7. The first kappa shape index (κ1) is 28.6. The Morgan fingerprint density at radius 3 is 2.20 bits per heavy atom. The summed E-state index contributed by atoms with van der Waals surface area (Å²) >= 11 is 0. The van der Waals surface area contributed by atoms with E-state index >= 15 is 0 Å². The van der Waals surface area contributed by atoms with Gasteiger partial charge in [0.1, 0.15) is 12.1 Å². The molecule has 1 aliphatic heterocycles. The lowest BCUT2D eigenvalue weighted by Crippen LogP contribution is -2.50. The van der Waals surface area contributed by atoms with Gasteiger partial charge in [-0.05, 0) is 6.92 Å². The third-order valence-electron chi connectivity index (χ3n) is 6.12. The largest absolute Gasteiger partial charge is 0.423 e. The standard InChI is InChI=1S/C22H23F6N9O3/c1-13(32-15-10-31-33-18(39)17(15)22(26,27)28)11-36-6-7-37(20(36)40)12-16(38)34-2-4-35(5-3-34)19-29-8-14(9-30-19)21(23,24)25/h6-10,13H,2-5,11-12H2,1H3,(H2,32,33,39). The minimum absolute atomic E-state index is 0.0735. The molecule has 1 atom stereocenters. The first-order chi connectivity index (χ1) is 18.7. The Morgan fingerprint density at radius 1 is 0.975 bits per heavy atom. The maximum absolute atomic E-state index is 13.3. The van der Waals surface area contributed by atoms with Crippen LogP contribution in [0.1, 0.15) is 18.1 Å². The van der Waals surface area contributed by atoms with Gasteiger partial charge in [0.05, 0.1) is 17.4 Å². The molecule has 1 saturated heterocycles.